The van der Waals surface area contributed by atoms with Crippen LogP contribution in [0.5, 0.6) is 0 Å². The third kappa shape index (κ3) is 1.62. The van der Waals surface area contributed by atoms with E-state index in [1.54, 1.807) is 0 Å². The van der Waals surface area contributed by atoms with Crippen molar-refractivity contribution in [3.05, 3.63) is 0 Å². The summed E-state index contributed by atoms with van der Waals surface area (Å²) in [4.78, 5) is 11.9. The first kappa shape index (κ1) is 12.1. The van der Waals surface area contributed by atoms with Gasteiger partial charge >= 0.3 is 0 Å². The van der Waals surface area contributed by atoms with Crippen LogP contribution in [0.3, 0.4) is 0 Å². The minimum atomic E-state index is -0.106. The van der Waals surface area contributed by atoms with Crippen molar-refractivity contribution in [2.75, 3.05) is 6.61 Å². The lowest BCUT2D eigenvalue weighted by atomic mass is 9.48. The van der Waals surface area contributed by atoms with E-state index >= 15 is 0 Å². The molecule has 0 radical (unpaired) electrons. The summed E-state index contributed by atoms with van der Waals surface area (Å²) in [5, 5.41) is 9.51. The first-order chi connectivity index (χ1) is 7.42. The Morgan fingerprint density at radius 1 is 1.31 bits per heavy atom. The highest BCUT2D eigenvalue weighted by Crippen LogP contribution is 2.58. The first-order valence-corrected chi connectivity index (χ1v) is 6.55. The van der Waals surface area contributed by atoms with E-state index in [2.05, 4.69) is 20.8 Å². The molecule has 2 rings (SSSR count). The summed E-state index contributed by atoms with van der Waals surface area (Å²) in [5.74, 6) is 0.786. The molecule has 0 aromatic rings. The predicted molar refractivity (Wildman–Crippen MR) is 64.0 cm³/mol. The molecular formula is C14H24O2. The molecule has 0 saturated heterocycles. The maximum atomic E-state index is 11.9. The molecule has 2 aliphatic carbocycles. The van der Waals surface area contributed by atoms with Crippen molar-refractivity contribution in [3.63, 3.8) is 0 Å². The number of aliphatic hydroxyl groups excluding tert-OH is 1. The Bertz CT molecular complexity index is 295. The van der Waals surface area contributed by atoms with Gasteiger partial charge < -0.3 is 5.11 Å². The predicted octanol–water partition coefficient (Wildman–Crippen LogP) is 2.79. The second kappa shape index (κ2) is 3.83. The van der Waals surface area contributed by atoms with Crippen LogP contribution < -0.4 is 0 Å². The molecule has 0 aliphatic heterocycles. The lowest BCUT2D eigenvalue weighted by molar-refractivity contribution is -0.146. The van der Waals surface area contributed by atoms with Crippen molar-refractivity contribution in [1.29, 1.82) is 0 Å². The minimum absolute atomic E-state index is 0.0436. The Balaban J connectivity index is 2.34. The minimum Gasteiger partial charge on any atom is -0.396 e. The van der Waals surface area contributed by atoms with Gasteiger partial charge in [-0.15, -0.1) is 0 Å². The second-order valence-corrected chi connectivity index (χ2v) is 6.64. The van der Waals surface area contributed by atoms with E-state index in [0.29, 0.717) is 23.5 Å². The normalized spacial score (nSPS) is 42.9. The summed E-state index contributed by atoms with van der Waals surface area (Å²) in [5.41, 5.74) is 0.382. The van der Waals surface area contributed by atoms with Gasteiger partial charge in [0.1, 0.15) is 5.78 Å². The molecule has 16 heavy (non-hydrogen) atoms. The van der Waals surface area contributed by atoms with Crippen LogP contribution in [-0.4, -0.2) is 17.5 Å². The van der Waals surface area contributed by atoms with Crippen LogP contribution in [0.25, 0.3) is 0 Å². The number of carbonyl (C=O) groups is 1. The molecule has 0 heterocycles. The number of carbonyl (C=O) groups excluding carboxylic acids is 1. The molecule has 2 nitrogen and oxygen atoms in total. The molecule has 0 amide bonds. The van der Waals surface area contributed by atoms with E-state index < -0.39 is 0 Å². The highest BCUT2D eigenvalue weighted by Gasteiger charge is 2.54. The fourth-order valence-corrected chi connectivity index (χ4v) is 4.44. The van der Waals surface area contributed by atoms with Gasteiger partial charge in [0.15, 0.2) is 0 Å². The van der Waals surface area contributed by atoms with Gasteiger partial charge in [0, 0.05) is 12.3 Å². The van der Waals surface area contributed by atoms with Crippen molar-refractivity contribution in [1.82, 2.24) is 0 Å². The Hall–Kier alpha value is -0.370. The number of ketones is 1. The number of rotatable bonds is 1. The Morgan fingerprint density at radius 2 is 2.00 bits per heavy atom. The topological polar surface area (TPSA) is 37.3 Å². The molecule has 0 aromatic heterocycles. The van der Waals surface area contributed by atoms with Gasteiger partial charge in [-0.1, -0.05) is 27.2 Å². The summed E-state index contributed by atoms with van der Waals surface area (Å²) in [6.07, 6.45) is 5.27. The molecule has 92 valence electrons. The molecule has 0 spiro atoms. The zero-order valence-electron chi connectivity index (χ0n) is 10.8. The molecule has 2 aliphatic rings. The van der Waals surface area contributed by atoms with Crippen molar-refractivity contribution in [2.24, 2.45) is 22.7 Å². The van der Waals surface area contributed by atoms with Gasteiger partial charge in [-0.05, 0) is 36.0 Å². The van der Waals surface area contributed by atoms with Crippen molar-refractivity contribution >= 4 is 5.78 Å². The summed E-state index contributed by atoms with van der Waals surface area (Å²) < 4.78 is 0. The van der Waals surface area contributed by atoms with E-state index in [0.717, 1.165) is 12.8 Å². The van der Waals surface area contributed by atoms with Crippen LogP contribution in [0.1, 0.15) is 52.9 Å². The van der Waals surface area contributed by atoms with Gasteiger partial charge in [-0.25, -0.2) is 0 Å². The van der Waals surface area contributed by atoms with Crippen molar-refractivity contribution in [3.8, 4) is 0 Å². The first-order valence-electron chi connectivity index (χ1n) is 6.55. The van der Waals surface area contributed by atoms with Gasteiger partial charge in [0.05, 0.1) is 6.61 Å². The lowest BCUT2D eigenvalue weighted by Crippen LogP contribution is -2.52. The summed E-state index contributed by atoms with van der Waals surface area (Å²) in [6.45, 7) is 6.94. The monoisotopic (exact) mass is 224 g/mol. The van der Waals surface area contributed by atoms with Crippen LogP contribution in [0, 0.1) is 22.7 Å². The van der Waals surface area contributed by atoms with E-state index in [-0.39, 0.29) is 17.9 Å². The summed E-state index contributed by atoms with van der Waals surface area (Å²) >= 11 is 0. The van der Waals surface area contributed by atoms with E-state index in [1.165, 1.54) is 12.8 Å². The zero-order valence-corrected chi connectivity index (χ0v) is 10.8. The maximum absolute atomic E-state index is 11.9. The standard InChI is InChI=1S/C14H24O2/c1-13(2)7-4-8-14(3)10(9-15)11(16)5-6-12(13)14/h10,12,15H,4-9H2,1-3H3/t10?,12?,14-/m1/s1. The number of hydrogen-bond acceptors (Lipinski definition) is 2. The fourth-order valence-electron chi connectivity index (χ4n) is 4.44. The molecular weight excluding hydrogens is 200 g/mol. The lowest BCUT2D eigenvalue weighted by Gasteiger charge is -2.56. The van der Waals surface area contributed by atoms with Gasteiger partial charge in [0.2, 0.25) is 0 Å². The highest BCUT2D eigenvalue weighted by atomic mass is 16.3. The van der Waals surface area contributed by atoms with Crippen molar-refractivity contribution < 1.29 is 9.90 Å². The van der Waals surface area contributed by atoms with Crippen LogP contribution in [0.4, 0.5) is 0 Å². The SMILES string of the molecule is CC1(C)CCC[C@]2(C)C(CO)C(=O)CCC12. The van der Waals surface area contributed by atoms with Crippen LogP contribution >= 0.6 is 0 Å². The molecule has 0 bridgehead atoms. The van der Waals surface area contributed by atoms with E-state index in [4.69, 9.17) is 0 Å². The summed E-state index contributed by atoms with van der Waals surface area (Å²) in [7, 11) is 0. The Kier molecular flexibility index (Phi) is 2.90. The fraction of sp³-hybridized carbons (Fsp3) is 0.929. The Labute approximate surface area is 98.4 Å². The average molecular weight is 224 g/mol. The Morgan fingerprint density at radius 3 is 2.62 bits per heavy atom. The third-order valence-corrected chi connectivity index (χ3v) is 5.32. The number of Topliss-reactive ketones (excluding diaryl/α,β-unsaturated/α-hetero) is 1. The average Bonchev–Trinajstić information content (AvgIpc) is 2.15. The van der Waals surface area contributed by atoms with Crippen LogP contribution in [-0.2, 0) is 4.79 Å². The molecule has 2 heteroatoms. The molecule has 2 unspecified atom stereocenters. The number of hydrogen-bond donors (Lipinski definition) is 1. The van der Waals surface area contributed by atoms with Gasteiger partial charge in [-0.2, -0.15) is 0 Å². The zero-order chi connectivity index (χ0) is 12.0. The largest absolute Gasteiger partial charge is 0.396 e. The van der Waals surface area contributed by atoms with Crippen molar-refractivity contribution in [2.45, 2.75) is 52.9 Å². The quantitative estimate of drug-likeness (QED) is 0.743. The van der Waals surface area contributed by atoms with Gasteiger partial charge in [0.25, 0.3) is 0 Å². The summed E-state index contributed by atoms with van der Waals surface area (Å²) in [6, 6.07) is 0. The van der Waals surface area contributed by atoms with Crippen LogP contribution in [0.15, 0.2) is 0 Å². The molecule has 3 atom stereocenters. The maximum Gasteiger partial charge on any atom is 0.138 e. The molecule has 2 saturated carbocycles. The number of aliphatic hydroxyl groups is 1. The molecule has 2 fully saturated rings. The molecule has 1 N–H and O–H groups in total. The smallest absolute Gasteiger partial charge is 0.138 e. The molecule has 0 aromatic carbocycles. The van der Waals surface area contributed by atoms with E-state index in [1.807, 2.05) is 0 Å². The van der Waals surface area contributed by atoms with Crippen LogP contribution in [0.2, 0.25) is 0 Å². The van der Waals surface area contributed by atoms with E-state index in [9.17, 15) is 9.90 Å². The van der Waals surface area contributed by atoms with Gasteiger partial charge in [-0.3, -0.25) is 4.79 Å². The second-order valence-electron chi connectivity index (χ2n) is 6.64. The number of fused-ring (bicyclic) bond motifs is 1. The third-order valence-electron chi connectivity index (χ3n) is 5.32. The highest BCUT2D eigenvalue weighted by molar-refractivity contribution is 5.83.